The van der Waals surface area contributed by atoms with Crippen molar-refractivity contribution >= 4 is 33.2 Å². The molecule has 1 atom stereocenters. The molecule has 0 aromatic heterocycles. The first-order chi connectivity index (χ1) is 13.8. The van der Waals surface area contributed by atoms with E-state index in [0.717, 1.165) is 29.8 Å². The summed E-state index contributed by atoms with van der Waals surface area (Å²) in [7, 11) is -3.99. The Morgan fingerprint density at radius 3 is 2.31 bits per heavy atom. The average Bonchev–Trinajstić information content (AvgIpc) is 2.70. The first-order valence-electron chi connectivity index (χ1n) is 8.70. The first kappa shape index (κ1) is 20.8. The topological polar surface area (TPSA) is 75.3 Å². The molecule has 150 valence electrons. The summed E-state index contributed by atoms with van der Waals surface area (Å²) in [6, 6.07) is 17.9. The van der Waals surface area contributed by atoms with E-state index in [1.54, 1.807) is 0 Å². The van der Waals surface area contributed by atoms with Gasteiger partial charge < -0.3 is 5.32 Å². The van der Waals surface area contributed by atoms with Crippen LogP contribution in [-0.4, -0.2) is 14.3 Å². The van der Waals surface area contributed by atoms with Gasteiger partial charge in [-0.1, -0.05) is 41.9 Å². The van der Waals surface area contributed by atoms with E-state index in [-0.39, 0.29) is 33.1 Å². The van der Waals surface area contributed by atoms with Crippen LogP contribution in [0.15, 0.2) is 77.7 Å². The number of hydrogen-bond acceptors (Lipinski definition) is 3. The third kappa shape index (κ3) is 5.13. The Morgan fingerprint density at radius 2 is 1.66 bits per heavy atom. The lowest BCUT2D eigenvalue weighted by Gasteiger charge is -2.15. The zero-order valence-corrected chi connectivity index (χ0v) is 17.0. The zero-order chi connectivity index (χ0) is 21.0. The van der Waals surface area contributed by atoms with Gasteiger partial charge in [-0.3, -0.25) is 9.52 Å². The van der Waals surface area contributed by atoms with Gasteiger partial charge in [0.25, 0.3) is 15.9 Å². The van der Waals surface area contributed by atoms with Gasteiger partial charge in [-0.2, -0.15) is 0 Å². The van der Waals surface area contributed by atoms with Gasteiger partial charge in [0.15, 0.2) is 0 Å². The fraction of sp³-hybridized carbons (Fsp3) is 0.0952. The van der Waals surface area contributed by atoms with E-state index in [1.807, 2.05) is 37.3 Å². The number of benzene rings is 3. The van der Waals surface area contributed by atoms with E-state index in [1.165, 1.54) is 18.2 Å². The maximum absolute atomic E-state index is 13.1. The molecule has 0 aliphatic rings. The molecule has 0 bridgehead atoms. The molecule has 3 aromatic carbocycles. The van der Waals surface area contributed by atoms with E-state index in [4.69, 9.17) is 11.6 Å². The van der Waals surface area contributed by atoms with Crippen LogP contribution in [0.4, 0.5) is 10.1 Å². The lowest BCUT2D eigenvalue weighted by Crippen LogP contribution is -2.26. The molecular formula is C21H18ClFN2O3S. The lowest BCUT2D eigenvalue weighted by molar-refractivity contribution is 0.0940. The highest BCUT2D eigenvalue weighted by Gasteiger charge is 2.18. The molecule has 3 aromatic rings. The summed E-state index contributed by atoms with van der Waals surface area (Å²) >= 11 is 6.10. The fourth-order valence-electron chi connectivity index (χ4n) is 2.67. The van der Waals surface area contributed by atoms with Gasteiger partial charge in [0, 0.05) is 5.56 Å². The molecule has 1 unspecified atom stereocenters. The summed E-state index contributed by atoms with van der Waals surface area (Å²) in [5.41, 5.74) is 1.23. The minimum Gasteiger partial charge on any atom is -0.346 e. The highest BCUT2D eigenvalue weighted by Crippen LogP contribution is 2.26. The molecule has 3 rings (SSSR count). The summed E-state index contributed by atoms with van der Waals surface area (Å²) < 4.78 is 40.4. The Kier molecular flexibility index (Phi) is 6.20. The van der Waals surface area contributed by atoms with Gasteiger partial charge in [-0.25, -0.2) is 12.8 Å². The third-order valence-corrected chi connectivity index (χ3v) is 5.95. The molecule has 0 fully saturated rings. The molecule has 1 amide bonds. The normalized spacial score (nSPS) is 12.2. The van der Waals surface area contributed by atoms with Crippen molar-refractivity contribution in [3.63, 3.8) is 0 Å². The van der Waals surface area contributed by atoms with Crippen molar-refractivity contribution in [1.82, 2.24) is 5.32 Å². The van der Waals surface area contributed by atoms with Crippen LogP contribution in [-0.2, 0) is 10.0 Å². The van der Waals surface area contributed by atoms with E-state index < -0.39 is 15.8 Å². The van der Waals surface area contributed by atoms with Crippen LogP contribution in [0, 0.1) is 5.82 Å². The third-order valence-electron chi connectivity index (χ3n) is 4.24. The molecule has 8 heteroatoms. The van der Waals surface area contributed by atoms with Crippen LogP contribution in [0.25, 0.3) is 0 Å². The molecule has 0 aliphatic carbocycles. The second-order valence-corrected chi connectivity index (χ2v) is 8.45. The Bertz CT molecular complexity index is 1120. The number of sulfonamides is 1. The van der Waals surface area contributed by atoms with Crippen LogP contribution in [0.3, 0.4) is 0 Å². The lowest BCUT2D eigenvalue weighted by atomic mass is 10.1. The molecule has 29 heavy (non-hydrogen) atoms. The maximum Gasteiger partial charge on any atom is 0.261 e. The number of nitrogens with one attached hydrogen (secondary N) is 2. The van der Waals surface area contributed by atoms with Crippen molar-refractivity contribution in [2.24, 2.45) is 0 Å². The van der Waals surface area contributed by atoms with Crippen molar-refractivity contribution in [1.29, 1.82) is 0 Å². The average molecular weight is 433 g/mol. The van der Waals surface area contributed by atoms with E-state index in [2.05, 4.69) is 10.0 Å². The highest BCUT2D eigenvalue weighted by molar-refractivity contribution is 7.92. The molecule has 0 saturated carbocycles. The Hall–Kier alpha value is -2.90. The Morgan fingerprint density at radius 1 is 1.00 bits per heavy atom. The minimum absolute atomic E-state index is 0.0519. The number of anilines is 1. The van der Waals surface area contributed by atoms with Crippen LogP contribution >= 0.6 is 11.6 Å². The first-order valence-corrected chi connectivity index (χ1v) is 10.6. The summed E-state index contributed by atoms with van der Waals surface area (Å²) in [6.07, 6.45) is 0. The summed E-state index contributed by atoms with van der Waals surface area (Å²) in [6.45, 7) is 1.85. The van der Waals surface area contributed by atoms with Crippen molar-refractivity contribution in [3.05, 3.63) is 94.8 Å². The predicted molar refractivity (Wildman–Crippen MR) is 111 cm³/mol. The van der Waals surface area contributed by atoms with Gasteiger partial charge in [0.2, 0.25) is 0 Å². The van der Waals surface area contributed by atoms with Gasteiger partial charge in [-0.15, -0.1) is 0 Å². The van der Waals surface area contributed by atoms with Crippen molar-refractivity contribution in [2.45, 2.75) is 17.9 Å². The number of rotatable bonds is 6. The highest BCUT2D eigenvalue weighted by atomic mass is 35.5. The Balaban J connectivity index is 1.80. The van der Waals surface area contributed by atoms with Gasteiger partial charge >= 0.3 is 0 Å². The summed E-state index contributed by atoms with van der Waals surface area (Å²) in [5, 5.41) is 2.99. The molecule has 0 saturated heterocycles. The summed E-state index contributed by atoms with van der Waals surface area (Å²) in [4.78, 5) is 12.5. The number of amides is 1. The van der Waals surface area contributed by atoms with Crippen molar-refractivity contribution in [2.75, 3.05) is 4.72 Å². The SMILES string of the molecule is CC(NC(=O)c1ccc(Cl)c(NS(=O)(=O)c2ccc(F)cc2)c1)c1ccccc1. The smallest absolute Gasteiger partial charge is 0.261 e. The molecule has 5 nitrogen and oxygen atoms in total. The van der Waals surface area contributed by atoms with Crippen molar-refractivity contribution < 1.29 is 17.6 Å². The number of carbonyl (C=O) groups is 1. The number of carbonyl (C=O) groups excluding carboxylic acids is 1. The van der Waals surface area contributed by atoms with Crippen LogP contribution in [0.5, 0.6) is 0 Å². The second kappa shape index (κ2) is 8.63. The molecular weight excluding hydrogens is 415 g/mol. The zero-order valence-electron chi connectivity index (χ0n) is 15.4. The minimum atomic E-state index is -3.99. The maximum atomic E-state index is 13.1. The van der Waals surface area contributed by atoms with Crippen LogP contribution < -0.4 is 10.0 Å². The fourth-order valence-corrected chi connectivity index (χ4v) is 3.96. The predicted octanol–water partition coefficient (Wildman–Crippen LogP) is 4.77. The standard InChI is InChI=1S/C21H18ClFN2O3S/c1-14(15-5-3-2-4-6-15)24-21(26)16-7-12-19(22)20(13-16)25-29(27,28)18-10-8-17(23)9-11-18/h2-14,25H,1H3,(H,24,26). The monoisotopic (exact) mass is 432 g/mol. The van der Waals surface area contributed by atoms with Crippen molar-refractivity contribution in [3.8, 4) is 0 Å². The summed E-state index contributed by atoms with van der Waals surface area (Å²) in [5.74, 6) is -0.923. The number of halogens is 2. The quantitative estimate of drug-likeness (QED) is 0.589. The molecule has 0 spiro atoms. The van der Waals surface area contributed by atoms with E-state index in [0.29, 0.717) is 0 Å². The van der Waals surface area contributed by atoms with E-state index >= 15 is 0 Å². The second-order valence-electron chi connectivity index (χ2n) is 6.36. The van der Waals surface area contributed by atoms with Gasteiger partial charge in [-0.05, 0) is 55.0 Å². The molecule has 0 aliphatic heterocycles. The van der Waals surface area contributed by atoms with Crippen LogP contribution in [0.1, 0.15) is 28.9 Å². The van der Waals surface area contributed by atoms with Crippen LogP contribution in [0.2, 0.25) is 5.02 Å². The largest absolute Gasteiger partial charge is 0.346 e. The molecule has 2 N–H and O–H groups in total. The molecule has 0 heterocycles. The Labute approximate surface area is 173 Å². The molecule has 0 radical (unpaired) electrons. The van der Waals surface area contributed by atoms with Gasteiger partial charge in [0.1, 0.15) is 5.82 Å². The van der Waals surface area contributed by atoms with E-state index in [9.17, 15) is 17.6 Å². The number of hydrogen-bond donors (Lipinski definition) is 2. The van der Waals surface area contributed by atoms with Gasteiger partial charge in [0.05, 0.1) is 21.6 Å².